The SMILES string of the molecule is Cc1cc(OCc2ccc(F)cc2F)c(Br)c(=O)n1Cc1cccc(CNC(=O)CN)c1. The highest BCUT2D eigenvalue weighted by Crippen LogP contribution is 2.24. The summed E-state index contributed by atoms with van der Waals surface area (Å²) in [4.78, 5) is 24.3. The Morgan fingerprint density at radius 2 is 1.91 bits per heavy atom. The number of amides is 1. The smallest absolute Gasteiger partial charge is 0.269 e. The molecule has 3 rings (SSSR count). The number of hydrogen-bond acceptors (Lipinski definition) is 4. The van der Waals surface area contributed by atoms with E-state index in [-0.39, 0.29) is 40.4 Å². The highest BCUT2D eigenvalue weighted by atomic mass is 79.9. The Balaban J connectivity index is 1.77. The zero-order valence-electron chi connectivity index (χ0n) is 17.3. The number of hydrogen-bond donors (Lipinski definition) is 2. The van der Waals surface area contributed by atoms with Crippen LogP contribution in [0.5, 0.6) is 5.75 Å². The molecule has 0 aliphatic carbocycles. The molecule has 0 saturated carbocycles. The van der Waals surface area contributed by atoms with Crippen LogP contribution in [0.3, 0.4) is 0 Å². The van der Waals surface area contributed by atoms with Crippen LogP contribution in [0.2, 0.25) is 0 Å². The molecule has 3 aromatic rings. The second-order valence-electron chi connectivity index (χ2n) is 7.18. The fourth-order valence-electron chi connectivity index (χ4n) is 3.10. The van der Waals surface area contributed by atoms with Crippen molar-refractivity contribution in [2.75, 3.05) is 6.54 Å². The summed E-state index contributed by atoms with van der Waals surface area (Å²) in [6.45, 7) is 2.20. The Hall–Kier alpha value is -3.04. The number of ether oxygens (including phenoxy) is 1. The van der Waals surface area contributed by atoms with Gasteiger partial charge in [-0.15, -0.1) is 0 Å². The van der Waals surface area contributed by atoms with Crippen molar-refractivity contribution in [1.29, 1.82) is 0 Å². The minimum Gasteiger partial charge on any atom is -0.487 e. The van der Waals surface area contributed by atoms with Crippen LogP contribution < -0.4 is 21.3 Å². The van der Waals surface area contributed by atoms with Crippen LogP contribution in [0.1, 0.15) is 22.4 Å². The Labute approximate surface area is 192 Å². The molecule has 32 heavy (non-hydrogen) atoms. The van der Waals surface area contributed by atoms with Gasteiger partial charge in [-0.3, -0.25) is 9.59 Å². The van der Waals surface area contributed by atoms with Gasteiger partial charge < -0.3 is 20.4 Å². The van der Waals surface area contributed by atoms with E-state index < -0.39 is 11.6 Å². The molecule has 0 aliphatic heterocycles. The molecule has 0 atom stereocenters. The molecule has 0 unspecified atom stereocenters. The van der Waals surface area contributed by atoms with Gasteiger partial charge in [-0.25, -0.2) is 8.78 Å². The van der Waals surface area contributed by atoms with E-state index in [1.54, 1.807) is 17.6 Å². The molecular weight excluding hydrogens is 484 g/mol. The predicted molar refractivity (Wildman–Crippen MR) is 120 cm³/mol. The van der Waals surface area contributed by atoms with Crippen molar-refractivity contribution in [3.63, 3.8) is 0 Å². The van der Waals surface area contributed by atoms with Crippen LogP contribution >= 0.6 is 15.9 Å². The van der Waals surface area contributed by atoms with E-state index in [1.807, 2.05) is 24.3 Å². The van der Waals surface area contributed by atoms with Crippen molar-refractivity contribution in [3.8, 4) is 5.75 Å². The van der Waals surface area contributed by atoms with E-state index in [0.29, 0.717) is 18.8 Å². The van der Waals surface area contributed by atoms with Crippen LogP contribution in [-0.4, -0.2) is 17.0 Å². The van der Waals surface area contributed by atoms with E-state index in [2.05, 4.69) is 21.2 Å². The number of nitrogens with zero attached hydrogens (tertiary/aromatic N) is 1. The maximum absolute atomic E-state index is 13.8. The normalized spacial score (nSPS) is 10.8. The quantitative estimate of drug-likeness (QED) is 0.491. The third kappa shape index (κ3) is 5.80. The minimum absolute atomic E-state index is 0.0788. The molecule has 6 nitrogen and oxygen atoms in total. The lowest BCUT2D eigenvalue weighted by atomic mass is 10.1. The molecule has 3 N–H and O–H groups in total. The highest BCUT2D eigenvalue weighted by Gasteiger charge is 2.14. The molecular formula is C23H22BrF2N3O3. The summed E-state index contributed by atoms with van der Waals surface area (Å²) in [6, 6.07) is 12.4. The lowest BCUT2D eigenvalue weighted by Gasteiger charge is -2.15. The molecule has 0 fully saturated rings. The van der Waals surface area contributed by atoms with Crippen molar-refractivity contribution < 1.29 is 18.3 Å². The van der Waals surface area contributed by atoms with Gasteiger partial charge in [-0.2, -0.15) is 0 Å². The summed E-state index contributed by atoms with van der Waals surface area (Å²) >= 11 is 3.27. The first-order chi connectivity index (χ1) is 15.3. The van der Waals surface area contributed by atoms with E-state index in [4.69, 9.17) is 10.5 Å². The van der Waals surface area contributed by atoms with Gasteiger partial charge in [-0.05, 0) is 46.1 Å². The number of pyridine rings is 1. The molecule has 2 aromatic carbocycles. The van der Waals surface area contributed by atoms with Gasteiger partial charge in [0.15, 0.2) is 0 Å². The Bertz CT molecular complexity index is 1200. The van der Waals surface area contributed by atoms with Gasteiger partial charge in [0.1, 0.15) is 28.5 Å². The fraction of sp³-hybridized carbons (Fsp3) is 0.217. The molecule has 0 radical (unpaired) electrons. The van der Waals surface area contributed by atoms with Gasteiger partial charge in [0, 0.05) is 29.9 Å². The summed E-state index contributed by atoms with van der Waals surface area (Å²) in [7, 11) is 0. The molecule has 9 heteroatoms. The first-order valence-corrected chi connectivity index (χ1v) is 10.6. The highest BCUT2D eigenvalue weighted by molar-refractivity contribution is 9.10. The third-order valence-corrected chi connectivity index (χ3v) is 5.55. The summed E-state index contributed by atoms with van der Waals surface area (Å²) in [6.07, 6.45) is 0. The second-order valence-corrected chi connectivity index (χ2v) is 7.97. The van der Waals surface area contributed by atoms with E-state index >= 15 is 0 Å². The van der Waals surface area contributed by atoms with Crippen LogP contribution in [0.15, 0.2) is 57.8 Å². The molecule has 0 spiro atoms. The second kappa shape index (κ2) is 10.5. The number of nitrogens with two attached hydrogens (primary N) is 1. The van der Waals surface area contributed by atoms with Crippen LogP contribution in [0, 0.1) is 18.6 Å². The topological polar surface area (TPSA) is 86.3 Å². The first-order valence-electron chi connectivity index (χ1n) is 9.79. The lowest BCUT2D eigenvalue weighted by molar-refractivity contribution is -0.119. The molecule has 0 saturated heterocycles. The Morgan fingerprint density at radius 3 is 2.62 bits per heavy atom. The summed E-state index contributed by atoms with van der Waals surface area (Å²) in [5.74, 6) is -1.36. The maximum Gasteiger partial charge on any atom is 0.269 e. The van der Waals surface area contributed by atoms with Crippen LogP contribution in [0.25, 0.3) is 0 Å². The number of carbonyl (C=O) groups is 1. The fourth-order valence-corrected chi connectivity index (χ4v) is 3.55. The Morgan fingerprint density at radius 1 is 1.16 bits per heavy atom. The largest absolute Gasteiger partial charge is 0.487 e. The van der Waals surface area contributed by atoms with E-state index in [1.165, 1.54) is 6.07 Å². The van der Waals surface area contributed by atoms with Crippen molar-refractivity contribution in [2.45, 2.75) is 26.6 Å². The number of benzene rings is 2. The predicted octanol–water partition coefficient (Wildman–Crippen LogP) is 3.40. The van der Waals surface area contributed by atoms with Crippen LogP contribution in [-0.2, 0) is 24.5 Å². The number of carbonyl (C=O) groups excluding carboxylic acids is 1. The van der Waals surface area contributed by atoms with Gasteiger partial charge >= 0.3 is 0 Å². The monoisotopic (exact) mass is 505 g/mol. The lowest BCUT2D eigenvalue weighted by Crippen LogP contribution is -2.29. The van der Waals surface area contributed by atoms with Crippen LogP contribution in [0.4, 0.5) is 8.78 Å². The zero-order valence-corrected chi connectivity index (χ0v) is 18.9. The summed E-state index contributed by atoms with van der Waals surface area (Å²) in [5.41, 5.74) is 7.58. The van der Waals surface area contributed by atoms with Gasteiger partial charge in [0.2, 0.25) is 5.91 Å². The van der Waals surface area contributed by atoms with Gasteiger partial charge in [-0.1, -0.05) is 24.3 Å². The maximum atomic E-state index is 13.8. The van der Waals surface area contributed by atoms with Crippen molar-refractivity contribution in [1.82, 2.24) is 9.88 Å². The standard InChI is InChI=1S/C23H22BrF2N3O3/c1-14-7-20(32-13-17-5-6-18(25)9-19(17)26)22(24)23(31)29(14)12-16-4-2-3-15(8-16)11-28-21(30)10-27/h2-9H,10-13,27H2,1H3,(H,28,30). The first kappa shape index (κ1) is 23.6. The average molecular weight is 506 g/mol. The molecule has 0 aliphatic rings. The Kier molecular flexibility index (Phi) is 7.76. The van der Waals surface area contributed by atoms with Crippen molar-refractivity contribution in [2.24, 2.45) is 5.73 Å². The molecule has 1 heterocycles. The number of rotatable bonds is 8. The molecule has 0 bridgehead atoms. The number of nitrogens with one attached hydrogen (secondary N) is 1. The van der Waals surface area contributed by atoms with E-state index in [0.717, 1.165) is 23.3 Å². The number of halogens is 3. The molecule has 1 aromatic heterocycles. The van der Waals surface area contributed by atoms with Gasteiger partial charge in [0.25, 0.3) is 5.56 Å². The zero-order chi connectivity index (χ0) is 23.3. The third-order valence-electron chi connectivity index (χ3n) is 4.82. The van der Waals surface area contributed by atoms with Gasteiger partial charge in [0.05, 0.1) is 13.1 Å². The number of aromatic nitrogens is 1. The number of aryl methyl sites for hydroxylation is 1. The molecule has 1 amide bonds. The summed E-state index contributed by atoms with van der Waals surface area (Å²) in [5, 5.41) is 2.71. The van der Waals surface area contributed by atoms with Crippen molar-refractivity contribution in [3.05, 3.63) is 97.4 Å². The molecule has 168 valence electrons. The van der Waals surface area contributed by atoms with E-state index in [9.17, 15) is 18.4 Å². The van der Waals surface area contributed by atoms with Crippen molar-refractivity contribution >= 4 is 21.8 Å². The minimum atomic E-state index is -0.714. The summed E-state index contributed by atoms with van der Waals surface area (Å²) < 4.78 is 34.3. The average Bonchev–Trinajstić information content (AvgIpc) is 2.77.